The first kappa shape index (κ1) is 16.7. The number of nitrogens with one attached hydrogen (secondary N) is 2. The Morgan fingerprint density at radius 3 is 2.81 bits per heavy atom. The Balaban J connectivity index is 1.48. The van der Waals surface area contributed by atoms with E-state index >= 15 is 0 Å². The molecule has 4 rings (SSSR count). The van der Waals surface area contributed by atoms with Gasteiger partial charge in [-0.15, -0.1) is 0 Å². The molecule has 1 aromatic carbocycles. The third-order valence-electron chi connectivity index (χ3n) is 4.12. The molecule has 7 nitrogen and oxygen atoms in total. The Morgan fingerprint density at radius 2 is 2.04 bits per heavy atom. The molecule has 0 spiro atoms. The van der Waals surface area contributed by atoms with Crippen LogP contribution in [0.15, 0.2) is 60.9 Å². The summed E-state index contributed by atoms with van der Waals surface area (Å²) in [5.41, 5.74) is 3.82. The van der Waals surface area contributed by atoms with E-state index in [2.05, 4.69) is 25.3 Å². The van der Waals surface area contributed by atoms with Crippen LogP contribution in [0.3, 0.4) is 0 Å². The first-order valence-corrected chi connectivity index (χ1v) is 8.41. The van der Waals surface area contributed by atoms with Crippen molar-refractivity contribution >= 4 is 16.9 Å². The van der Waals surface area contributed by atoms with Crippen molar-refractivity contribution in [2.45, 2.75) is 6.54 Å². The fourth-order valence-corrected chi connectivity index (χ4v) is 2.74. The number of carbonyl (C=O) groups is 1. The van der Waals surface area contributed by atoms with Crippen molar-refractivity contribution in [3.8, 4) is 17.1 Å². The minimum atomic E-state index is -0.194. The second-order valence-corrected chi connectivity index (χ2v) is 5.90. The smallest absolute Gasteiger partial charge is 0.251 e. The number of para-hydroxylation sites is 2. The molecule has 0 fully saturated rings. The molecule has 0 unspecified atom stereocenters. The molecule has 0 saturated heterocycles. The maximum Gasteiger partial charge on any atom is 0.251 e. The lowest BCUT2D eigenvalue weighted by Crippen LogP contribution is -2.23. The van der Waals surface area contributed by atoms with Gasteiger partial charge in [0.05, 0.1) is 30.4 Å². The number of imidazole rings is 1. The van der Waals surface area contributed by atoms with Crippen molar-refractivity contribution in [3.05, 3.63) is 72.3 Å². The number of hydrogen-bond donors (Lipinski definition) is 2. The van der Waals surface area contributed by atoms with Crippen LogP contribution in [-0.2, 0) is 6.54 Å². The zero-order chi connectivity index (χ0) is 18.6. The van der Waals surface area contributed by atoms with Gasteiger partial charge < -0.3 is 15.0 Å². The molecule has 0 atom stereocenters. The normalized spacial score (nSPS) is 10.7. The molecule has 1 amide bonds. The number of ether oxygens (including phenoxy) is 1. The monoisotopic (exact) mass is 359 g/mol. The van der Waals surface area contributed by atoms with Gasteiger partial charge in [0.2, 0.25) is 5.88 Å². The first-order valence-electron chi connectivity index (χ1n) is 8.41. The van der Waals surface area contributed by atoms with E-state index in [-0.39, 0.29) is 5.91 Å². The summed E-state index contributed by atoms with van der Waals surface area (Å²) in [4.78, 5) is 28.6. The topological polar surface area (TPSA) is 92.8 Å². The lowest BCUT2D eigenvalue weighted by molar-refractivity contribution is 0.0950. The third-order valence-corrected chi connectivity index (χ3v) is 4.12. The first-order chi connectivity index (χ1) is 13.2. The van der Waals surface area contributed by atoms with Crippen LogP contribution >= 0.6 is 0 Å². The number of carbonyl (C=O) groups excluding carboxylic acids is 1. The number of nitrogens with zero attached hydrogens (tertiary/aromatic N) is 3. The number of benzene rings is 1. The van der Waals surface area contributed by atoms with Gasteiger partial charge in [0.25, 0.3) is 5.91 Å². The van der Waals surface area contributed by atoms with E-state index in [1.165, 1.54) is 0 Å². The predicted octanol–water partition coefficient (Wildman–Crippen LogP) is 2.96. The van der Waals surface area contributed by atoms with Gasteiger partial charge >= 0.3 is 0 Å². The summed E-state index contributed by atoms with van der Waals surface area (Å²) in [6, 6.07) is 14.8. The Kier molecular flexibility index (Phi) is 4.49. The molecule has 0 aliphatic rings. The molecule has 3 heterocycles. The molecule has 3 aromatic heterocycles. The highest BCUT2D eigenvalue weighted by Gasteiger charge is 2.10. The van der Waals surface area contributed by atoms with E-state index in [9.17, 15) is 4.79 Å². The van der Waals surface area contributed by atoms with Crippen molar-refractivity contribution in [1.29, 1.82) is 0 Å². The molecule has 0 aliphatic heterocycles. The van der Waals surface area contributed by atoms with Crippen LogP contribution in [0.2, 0.25) is 0 Å². The zero-order valence-corrected chi connectivity index (χ0v) is 14.6. The fourth-order valence-electron chi connectivity index (χ4n) is 2.74. The van der Waals surface area contributed by atoms with Crippen LogP contribution in [0.5, 0.6) is 5.88 Å². The zero-order valence-electron chi connectivity index (χ0n) is 14.6. The van der Waals surface area contributed by atoms with Crippen LogP contribution < -0.4 is 10.1 Å². The van der Waals surface area contributed by atoms with Gasteiger partial charge in [0, 0.05) is 29.6 Å². The van der Waals surface area contributed by atoms with Crippen LogP contribution in [0.1, 0.15) is 16.2 Å². The largest absolute Gasteiger partial charge is 0.481 e. The molecule has 4 aromatic rings. The standard InChI is InChI=1S/C20H17N5O2/c1-27-19-7-6-14(11-22-19)17-10-13(8-9-21-17)20(26)23-12-18-24-15-4-2-3-5-16(15)25-18/h2-11H,12H2,1H3,(H,23,26)(H,24,25). The van der Waals surface area contributed by atoms with Gasteiger partial charge in [-0.1, -0.05) is 12.1 Å². The van der Waals surface area contributed by atoms with Crippen LogP contribution in [0, 0.1) is 0 Å². The quantitative estimate of drug-likeness (QED) is 0.571. The number of rotatable bonds is 5. The van der Waals surface area contributed by atoms with E-state index < -0.39 is 0 Å². The van der Waals surface area contributed by atoms with Gasteiger partial charge in [0.1, 0.15) is 5.82 Å². The number of aromatic nitrogens is 4. The van der Waals surface area contributed by atoms with Crippen LogP contribution in [0.25, 0.3) is 22.3 Å². The average molecular weight is 359 g/mol. The molecule has 0 radical (unpaired) electrons. The predicted molar refractivity (Wildman–Crippen MR) is 101 cm³/mol. The third kappa shape index (κ3) is 3.62. The van der Waals surface area contributed by atoms with Crippen molar-refractivity contribution in [2.75, 3.05) is 7.11 Å². The summed E-state index contributed by atoms with van der Waals surface area (Å²) in [6.07, 6.45) is 3.27. The second kappa shape index (κ2) is 7.25. The van der Waals surface area contributed by atoms with Gasteiger partial charge in [-0.25, -0.2) is 9.97 Å². The summed E-state index contributed by atoms with van der Waals surface area (Å²) < 4.78 is 5.06. The maximum atomic E-state index is 12.5. The minimum Gasteiger partial charge on any atom is -0.481 e. The molecule has 134 valence electrons. The number of fused-ring (bicyclic) bond motifs is 1. The molecule has 2 N–H and O–H groups in total. The van der Waals surface area contributed by atoms with Crippen molar-refractivity contribution in [2.24, 2.45) is 0 Å². The van der Waals surface area contributed by atoms with E-state index in [4.69, 9.17) is 4.74 Å². The van der Waals surface area contributed by atoms with Crippen molar-refractivity contribution < 1.29 is 9.53 Å². The van der Waals surface area contributed by atoms with Gasteiger partial charge in [-0.2, -0.15) is 0 Å². The lowest BCUT2D eigenvalue weighted by atomic mass is 10.1. The number of methoxy groups -OCH3 is 1. The molecule has 0 aliphatic carbocycles. The molecular formula is C20H17N5O2. The summed E-state index contributed by atoms with van der Waals surface area (Å²) in [5.74, 6) is 1.04. The highest BCUT2D eigenvalue weighted by molar-refractivity contribution is 5.95. The number of aromatic amines is 1. The van der Waals surface area contributed by atoms with E-state index in [1.807, 2.05) is 30.3 Å². The lowest BCUT2D eigenvalue weighted by Gasteiger charge is -2.06. The fraction of sp³-hybridized carbons (Fsp3) is 0.100. The summed E-state index contributed by atoms with van der Waals surface area (Å²) >= 11 is 0. The van der Waals surface area contributed by atoms with Crippen LogP contribution in [0.4, 0.5) is 0 Å². The van der Waals surface area contributed by atoms with Crippen LogP contribution in [-0.4, -0.2) is 33.0 Å². The second-order valence-electron chi connectivity index (χ2n) is 5.90. The van der Waals surface area contributed by atoms with Gasteiger partial charge in [-0.05, 0) is 30.3 Å². The Labute approximate surface area is 155 Å². The Morgan fingerprint density at radius 1 is 1.15 bits per heavy atom. The van der Waals surface area contributed by atoms with E-state index in [0.717, 1.165) is 16.6 Å². The molecule has 0 bridgehead atoms. The molecule has 27 heavy (non-hydrogen) atoms. The minimum absolute atomic E-state index is 0.194. The van der Waals surface area contributed by atoms with Gasteiger partial charge in [-0.3, -0.25) is 9.78 Å². The number of amides is 1. The average Bonchev–Trinajstić information content (AvgIpc) is 3.15. The summed E-state index contributed by atoms with van der Waals surface area (Å²) in [5, 5.41) is 2.88. The van der Waals surface area contributed by atoms with Crippen molar-refractivity contribution in [3.63, 3.8) is 0 Å². The number of hydrogen-bond acceptors (Lipinski definition) is 5. The highest BCUT2D eigenvalue weighted by Crippen LogP contribution is 2.19. The molecular weight excluding hydrogens is 342 g/mol. The van der Waals surface area contributed by atoms with Crippen molar-refractivity contribution in [1.82, 2.24) is 25.3 Å². The number of pyridine rings is 2. The number of H-pyrrole nitrogens is 1. The molecule has 0 saturated carbocycles. The molecule has 7 heteroatoms. The SMILES string of the molecule is COc1ccc(-c2cc(C(=O)NCc3nc4ccccc4[nH]3)ccn2)cn1. The highest BCUT2D eigenvalue weighted by atomic mass is 16.5. The Hall–Kier alpha value is -3.74. The van der Waals surface area contributed by atoms with E-state index in [1.54, 1.807) is 37.7 Å². The summed E-state index contributed by atoms with van der Waals surface area (Å²) in [6.45, 7) is 0.315. The Bertz CT molecular complexity index is 1060. The maximum absolute atomic E-state index is 12.5. The van der Waals surface area contributed by atoms with E-state index in [0.29, 0.717) is 29.5 Å². The summed E-state index contributed by atoms with van der Waals surface area (Å²) in [7, 11) is 1.56. The van der Waals surface area contributed by atoms with Gasteiger partial charge in [0.15, 0.2) is 0 Å².